The van der Waals surface area contributed by atoms with E-state index in [1.54, 1.807) is 11.5 Å². The van der Waals surface area contributed by atoms with Crippen LogP contribution in [0.15, 0.2) is 65.8 Å². The summed E-state index contributed by atoms with van der Waals surface area (Å²) in [5.74, 6) is 0.728. The lowest BCUT2D eigenvalue weighted by atomic mass is 10.2. The van der Waals surface area contributed by atoms with Crippen molar-refractivity contribution >= 4 is 22.4 Å². The fraction of sp³-hybridized carbons (Fsp3) is 0.200. The smallest absolute Gasteiger partial charge is 0.343 e. The number of hydrogen-bond donors (Lipinski definition) is 1. The summed E-state index contributed by atoms with van der Waals surface area (Å²) < 4.78 is 7.37. The van der Waals surface area contributed by atoms with Gasteiger partial charge in [0.2, 0.25) is 4.80 Å². The number of rotatable bonds is 7. The van der Waals surface area contributed by atoms with Crippen molar-refractivity contribution in [2.45, 2.75) is 20.1 Å². The molecule has 0 spiro atoms. The van der Waals surface area contributed by atoms with E-state index in [1.807, 2.05) is 54.6 Å². The first-order valence-corrected chi connectivity index (χ1v) is 9.79. The first-order valence-electron chi connectivity index (χ1n) is 8.98. The number of carbonyl (C=O) groups is 1. The Labute approximate surface area is 171 Å². The number of urea groups is 1. The van der Waals surface area contributed by atoms with Crippen LogP contribution < -0.4 is 14.9 Å². The maximum absolute atomic E-state index is 11.8. The molecule has 0 aliphatic carbocycles. The molecule has 0 fully saturated rings. The van der Waals surface area contributed by atoms with Crippen molar-refractivity contribution in [2.75, 3.05) is 6.54 Å². The molecule has 1 aromatic heterocycles. The maximum Gasteiger partial charge on any atom is 0.343 e. The van der Waals surface area contributed by atoms with E-state index in [0.29, 0.717) is 19.7 Å². The van der Waals surface area contributed by atoms with Crippen molar-refractivity contribution in [3.63, 3.8) is 0 Å². The number of nitrogens with zero attached hydrogens (tertiary/aromatic N) is 3. The van der Waals surface area contributed by atoms with E-state index in [-0.39, 0.29) is 9.80 Å². The van der Waals surface area contributed by atoms with Crippen LogP contribution in [0.4, 0.5) is 9.80 Å². The van der Waals surface area contributed by atoms with Gasteiger partial charge in [-0.05, 0) is 41.5 Å². The Bertz CT molecular complexity index is 1040. The molecule has 8 nitrogen and oxygen atoms in total. The van der Waals surface area contributed by atoms with E-state index >= 15 is 0 Å². The molecular weight excluding hydrogens is 392 g/mol. The molecule has 3 aromatic rings. The van der Waals surface area contributed by atoms with Crippen molar-refractivity contribution in [3.8, 4) is 5.75 Å². The van der Waals surface area contributed by atoms with Gasteiger partial charge in [0.25, 0.3) is 0 Å². The largest absolute Gasteiger partial charge is 0.489 e. The molecule has 0 saturated heterocycles. The number of benzene rings is 2. The van der Waals surface area contributed by atoms with Gasteiger partial charge in [-0.1, -0.05) is 42.5 Å². The summed E-state index contributed by atoms with van der Waals surface area (Å²) in [6.07, 6.45) is 1.39. The van der Waals surface area contributed by atoms with Crippen molar-refractivity contribution in [1.29, 1.82) is 0 Å². The van der Waals surface area contributed by atoms with Gasteiger partial charge in [-0.15, -0.1) is 0 Å². The van der Waals surface area contributed by atoms with Crippen LogP contribution in [0, 0.1) is 10.1 Å². The molecule has 0 atom stereocenters. The minimum atomic E-state index is -0.525. The first kappa shape index (κ1) is 20.3. The molecule has 3 rings (SSSR count). The topological polar surface area (TPSA) is 98.8 Å². The van der Waals surface area contributed by atoms with Gasteiger partial charge >= 0.3 is 11.0 Å². The van der Waals surface area contributed by atoms with Crippen molar-refractivity contribution in [3.05, 3.63) is 86.8 Å². The standard InChI is InChI=1S/C20H20N4O4S/c1-2-21-19(25)22-20-23(13-18(29-20)24(26)27)12-15-8-10-17(11-9-15)28-14-16-6-4-3-5-7-16/h3-11,13H,2,12,14H2,1H3,(H,21,25). The lowest BCUT2D eigenvalue weighted by Crippen LogP contribution is -2.24. The SMILES string of the molecule is CCNC(=O)N=c1sc([N+](=O)[O-])cn1Cc1ccc(OCc2ccccc2)cc1. The van der Waals surface area contributed by atoms with Crippen LogP contribution in [0.5, 0.6) is 5.75 Å². The summed E-state index contributed by atoms with van der Waals surface area (Å²) in [7, 11) is 0. The molecule has 2 aromatic carbocycles. The van der Waals surface area contributed by atoms with Gasteiger partial charge in [0, 0.05) is 6.54 Å². The molecule has 0 radical (unpaired) electrons. The molecule has 0 unspecified atom stereocenters. The Morgan fingerprint density at radius 1 is 1.17 bits per heavy atom. The zero-order valence-corrected chi connectivity index (χ0v) is 16.6. The number of aromatic nitrogens is 1. The quantitative estimate of drug-likeness (QED) is 0.472. The average molecular weight is 412 g/mol. The molecule has 0 aliphatic rings. The highest BCUT2D eigenvalue weighted by Crippen LogP contribution is 2.18. The van der Waals surface area contributed by atoms with Gasteiger partial charge in [-0.3, -0.25) is 10.1 Å². The first-order chi connectivity index (χ1) is 14.0. The van der Waals surface area contributed by atoms with Crippen LogP contribution in [0.1, 0.15) is 18.1 Å². The number of carbonyl (C=O) groups excluding carboxylic acids is 1. The molecule has 29 heavy (non-hydrogen) atoms. The van der Waals surface area contributed by atoms with E-state index in [2.05, 4.69) is 10.3 Å². The fourth-order valence-electron chi connectivity index (χ4n) is 2.56. The van der Waals surface area contributed by atoms with Crippen molar-refractivity contribution < 1.29 is 14.5 Å². The molecule has 9 heteroatoms. The van der Waals surface area contributed by atoms with Crippen LogP contribution in [0.3, 0.4) is 0 Å². The van der Waals surface area contributed by atoms with Gasteiger partial charge in [0.15, 0.2) is 0 Å². The maximum atomic E-state index is 11.8. The molecule has 2 amide bonds. The minimum absolute atomic E-state index is 0.0733. The Kier molecular flexibility index (Phi) is 6.75. The van der Waals surface area contributed by atoms with Crippen LogP contribution in [0.2, 0.25) is 0 Å². The third-order valence-electron chi connectivity index (χ3n) is 3.94. The second-order valence-corrected chi connectivity index (χ2v) is 7.09. The third-order valence-corrected chi connectivity index (χ3v) is 4.91. The third kappa shape index (κ3) is 5.76. The molecule has 1 N–H and O–H groups in total. The predicted molar refractivity (Wildman–Crippen MR) is 110 cm³/mol. The Hall–Kier alpha value is -3.46. The van der Waals surface area contributed by atoms with Gasteiger partial charge in [0.05, 0.1) is 17.7 Å². The van der Waals surface area contributed by atoms with Crippen LogP contribution in [-0.4, -0.2) is 22.1 Å². The van der Waals surface area contributed by atoms with Crippen LogP contribution in [-0.2, 0) is 13.2 Å². The number of hydrogen-bond acceptors (Lipinski definition) is 5. The van der Waals surface area contributed by atoms with Gasteiger partial charge in [-0.2, -0.15) is 4.99 Å². The monoisotopic (exact) mass is 412 g/mol. The zero-order chi connectivity index (χ0) is 20.6. The normalized spacial score (nSPS) is 11.3. The zero-order valence-electron chi connectivity index (χ0n) is 15.8. The number of thiazole rings is 1. The van der Waals surface area contributed by atoms with E-state index < -0.39 is 11.0 Å². The summed E-state index contributed by atoms with van der Waals surface area (Å²) in [6.45, 7) is 3.03. The molecular formula is C20H20N4O4S. The molecule has 0 bridgehead atoms. The molecule has 1 heterocycles. The average Bonchev–Trinajstić information content (AvgIpc) is 3.11. The van der Waals surface area contributed by atoms with E-state index in [4.69, 9.17) is 4.74 Å². The summed E-state index contributed by atoms with van der Waals surface area (Å²) in [5.41, 5.74) is 1.98. The Morgan fingerprint density at radius 3 is 2.55 bits per heavy atom. The van der Waals surface area contributed by atoms with E-state index in [0.717, 1.165) is 28.2 Å². The highest BCUT2D eigenvalue weighted by Gasteiger charge is 2.13. The predicted octanol–water partition coefficient (Wildman–Crippen LogP) is 3.72. The van der Waals surface area contributed by atoms with Gasteiger partial charge < -0.3 is 14.6 Å². The number of amides is 2. The number of nitro groups is 1. The lowest BCUT2D eigenvalue weighted by molar-refractivity contribution is -0.380. The lowest BCUT2D eigenvalue weighted by Gasteiger charge is -2.08. The van der Waals surface area contributed by atoms with Gasteiger partial charge in [0.1, 0.15) is 12.4 Å². The highest BCUT2D eigenvalue weighted by molar-refractivity contribution is 7.12. The van der Waals surface area contributed by atoms with Crippen LogP contribution in [0.25, 0.3) is 0 Å². The van der Waals surface area contributed by atoms with Crippen molar-refractivity contribution in [1.82, 2.24) is 9.88 Å². The minimum Gasteiger partial charge on any atom is -0.489 e. The second-order valence-electron chi connectivity index (χ2n) is 6.10. The molecule has 0 aliphatic heterocycles. The Morgan fingerprint density at radius 2 is 1.90 bits per heavy atom. The fourth-order valence-corrected chi connectivity index (χ4v) is 3.36. The van der Waals surface area contributed by atoms with Crippen molar-refractivity contribution in [2.24, 2.45) is 4.99 Å². The summed E-state index contributed by atoms with van der Waals surface area (Å²) in [4.78, 5) is 26.6. The highest BCUT2D eigenvalue weighted by atomic mass is 32.1. The Balaban J connectivity index is 1.73. The van der Waals surface area contributed by atoms with Crippen LogP contribution >= 0.6 is 11.3 Å². The van der Waals surface area contributed by atoms with Gasteiger partial charge in [-0.25, -0.2) is 4.79 Å². The van der Waals surface area contributed by atoms with E-state index in [1.165, 1.54) is 6.20 Å². The summed E-state index contributed by atoms with van der Waals surface area (Å²) in [5, 5.41) is 13.6. The summed E-state index contributed by atoms with van der Waals surface area (Å²) >= 11 is 0.862. The number of ether oxygens (including phenoxy) is 1. The number of nitrogens with one attached hydrogen (secondary N) is 1. The van der Waals surface area contributed by atoms with E-state index in [9.17, 15) is 14.9 Å². The molecule has 0 saturated carbocycles. The second kappa shape index (κ2) is 9.65. The molecule has 150 valence electrons. The summed E-state index contributed by atoms with van der Waals surface area (Å²) in [6, 6.07) is 16.8.